The van der Waals surface area contributed by atoms with E-state index in [2.05, 4.69) is 52.2 Å². The summed E-state index contributed by atoms with van der Waals surface area (Å²) in [5.74, 6) is -0.102. The van der Waals surface area contributed by atoms with E-state index in [1.54, 1.807) is 0 Å². The highest BCUT2D eigenvalue weighted by molar-refractivity contribution is 5.88. The number of hydrogen-bond acceptors (Lipinski definition) is 4. The maximum Gasteiger partial charge on any atom is 0.247 e. The van der Waals surface area contributed by atoms with E-state index in [1.807, 2.05) is 50.2 Å². The molecule has 2 amide bonds. The third kappa shape index (κ3) is 9.19. The first-order valence-electron chi connectivity index (χ1n) is 13.3. The van der Waals surface area contributed by atoms with Gasteiger partial charge in [0, 0.05) is 26.2 Å². The van der Waals surface area contributed by atoms with Gasteiger partial charge in [0.05, 0.1) is 0 Å². The van der Waals surface area contributed by atoms with Gasteiger partial charge in [-0.3, -0.25) is 9.59 Å². The molecule has 0 heterocycles. The molecule has 0 saturated carbocycles. The number of benzene rings is 2. The lowest BCUT2D eigenvalue weighted by atomic mass is 9.78. The molecule has 37 heavy (non-hydrogen) atoms. The van der Waals surface area contributed by atoms with Crippen LogP contribution in [0, 0.1) is 6.92 Å². The summed E-state index contributed by atoms with van der Waals surface area (Å²) in [5, 5.41) is 16.8. The minimum absolute atomic E-state index is 0.197. The van der Waals surface area contributed by atoms with E-state index in [4.69, 9.17) is 4.74 Å². The number of carbonyl (C=O) groups excluding carboxylic acids is 2. The Kier molecular flexibility index (Phi) is 10.7. The number of phenolic OH excluding ortho intramolecular Hbond substituents is 1. The van der Waals surface area contributed by atoms with Crippen LogP contribution in [0.1, 0.15) is 95.2 Å². The fraction of sp³-hybridized carbons (Fsp3) is 0.548. The van der Waals surface area contributed by atoms with Gasteiger partial charge in [0.25, 0.3) is 0 Å². The number of rotatable bonds is 11. The molecule has 0 aliphatic carbocycles. The van der Waals surface area contributed by atoms with E-state index in [9.17, 15) is 14.7 Å². The molecule has 0 aromatic heterocycles. The molecule has 204 valence electrons. The normalized spacial score (nSPS) is 12.8. The molecule has 0 aliphatic heterocycles. The van der Waals surface area contributed by atoms with Crippen molar-refractivity contribution in [2.45, 2.75) is 91.5 Å². The maximum absolute atomic E-state index is 13.1. The van der Waals surface area contributed by atoms with Crippen LogP contribution in [0.3, 0.4) is 0 Å². The summed E-state index contributed by atoms with van der Waals surface area (Å²) >= 11 is 0. The second-order valence-electron chi connectivity index (χ2n) is 11.8. The molecule has 0 saturated heterocycles. The molecule has 0 radical (unpaired) electrons. The Morgan fingerprint density at radius 2 is 1.54 bits per heavy atom. The van der Waals surface area contributed by atoms with Crippen molar-refractivity contribution >= 4 is 11.8 Å². The lowest BCUT2D eigenvalue weighted by Crippen LogP contribution is -2.41. The molecular weight excluding hydrogens is 464 g/mol. The summed E-state index contributed by atoms with van der Waals surface area (Å²) in [6.45, 7) is 18.1. The van der Waals surface area contributed by atoms with Gasteiger partial charge >= 0.3 is 0 Å². The number of phenols is 1. The Morgan fingerprint density at radius 1 is 0.973 bits per heavy atom. The SMILES string of the molecule is CCOCCCNC(=O)[C@H](NC(=O)CCc1cc(C(C)(C)C)c(O)c(C(C)(C)C)c1)c1ccc(C)cc1. The van der Waals surface area contributed by atoms with Crippen LogP contribution in [0.15, 0.2) is 36.4 Å². The van der Waals surface area contributed by atoms with Crippen molar-refractivity contribution in [2.24, 2.45) is 0 Å². The highest BCUT2D eigenvalue weighted by atomic mass is 16.5. The maximum atomic E-state index is 13.1. The van der Waals surface area contributed by atoms with Crippen LogP contribution in [-0.4, -0.2) is 36.7 Å². The standard InChI is InChI=1S/C31H46N2O4/c1-9-37-18-10-17-32-29(36)27(23-14-11-21(2)12-15-23)33-26(34)16-13-22-19-24(30(3,4)5)28(35)25(20-22)31(6,7)8/h11-12,14-15,19-20,27,35H,9-10,13,16-18H2,1-8H3,(H,32,36)(H,33,34)/t27-/m1/s1. The summed E-state index contributed by atoms with van der Waals surface area (Å²) in [6, 6.07) is 10.9. The van der Waals surface area contributed by atoms with Crippen molar-refractivity contribution < 1.29 is 19.4 Å². The first-order valence-corrected chi connectivity index (χ1v) is 13.3. The van der Waals surface area contributed by atoms with Gasteiger partial charge in [0.1, 0.15) is 11.8 Å². The molecule has 2 rings (SSSR count). The van der Waals surface area contributed by atoms with E-state index in [0.29, 0.717) is 38.3 Å². The van der Waals surface area contributed by atoms with Gasteiger partial charge < -0.3 is 20.5 Å². The van der Waals surface area contributed by atoms with Crippen LogP contribution in [0.25, 0.3) is 0 Å². The minimum atomic E-state index is -0.768. The molecule has 6 nitrogen and oxygen atoms in total. The Labute approximate surface area is 223 Å². The monoisotopic (exact) mass is 510 g/mol. The molecular formula is C31H46N2O4. The number of amides is 2. The Morgan fingerprint density at radius 3 is 2.05 bits per heavy atom. The molecule has 0 fully saturated rings. The Balaban J connectivity index is 2.18. The minimum Gasteiger partial charge on any atom is -0.507 e. The molecule has 2 aromatic rings. The van der Waals surface area contributed by atoms with Crippen LogP contribution in [0.4, 0.5) is 0 Å². The van der Waals surface area contributed by atoms with Crippen molar-refractivity contribution in [3.63, 3.8) is 0 Å². The van der Waals surface area contributed by atoms with Crippen LogP contribution >= 0.6 is 0 Å². The van der Waals surface area contributed by atoms with Crippen molar-refractivity contribution in [3.05, 3.63) is 64.2 Å². The zero-order chi connectivity index (χ0) is 27.8. The summed E-state index contributed by atoms with van der Waals surface area (Å²) in [7, 11) is 0. The van der Waals surface area contributed by atoms with Gasteiger partial charge in [-0.2, -0.15) is 0 Å². The molecule has 6 heteroatoms. The Bertz CT molecular complexity index is 1010. The lowest BCUT2D eigenvalue weighted by Gasteiger charge is -2.28. The first-order chi connectivity index (χ1) is 17.2. The smallest absolute Gasteiger partial charge is 0.247 e. The predicted molar refractivity (Wildman–Crippen MR) is 150 cm³/mol. The third-order valence-electron chi connectivity index (χ3n) is 6.37. The van der Waals surface area contributed by atoms with Gasteiger partial charge in [-0.15, -0.1) is 0 Å². The second kappa shape index (κ2) is 13.1. The summed E-state index contributed by atoms with van der Waals surface area (Å²) in [4.78, 5) is 26.1. The van der Waals surface area contributed by atoms with Crippen LogP contribution < -0.4 is 10.6 Å². The van der Waals surface area contributed by atoms with E-state index in [-0.39, 0.29) is 29.1 Å². The van der Waals surface area contributed by atoms with Gasteiger partial charge in [-0.1, -0.05) is 83.5 Å². The molecule has 0 bridgehead atoms. The number of aromatic hydroxyl groups is 1. The molecule has 0 aliphatic rings. The van der Waals surface area contributed by atoms with Gasteiger partial charge in [-0.25, -0.2) is 0 Å². The number of carbonyl (C=O) groups is 2. The Hall–Kier alpha value is -2.86. The van der Waals surface area contributed by atoms with E-state index in [0.717, 1.165) is 27.8 Å². The van der Waals surface area contributed by atoms with Gasteiger partial charge in [0.15, 0.2) is 0 Å². The summed E-state index contributed by atoms with van der Waals surface area (Å²) in [6.07, 6.45) is 1.45. The predicted octanol–water partition coefficient (Wildman–Crippen LogP) is 5.63. The number of hydrogen-bond donors (Lipinski definition) is 3. The van der Waals surface area contributed by atoms with Gasteiger partial charge in [0.2, 0.25) is 11.8 Å². The summed E-state index contributed by atoms with van der Waals surface area (Å²) < 4.78 is 5.34. The third-order valence-corrected chi connectivity index (χ3v) is 6.37. The van der Waals surface area contributed by atoms with Crippen molar-refractivity contribution in [2.75, 3.05) is 19.8 Å². The zero-order valence-corrected chi connectivity index (χ0v) is 24.0. The van der Waals surface area contributed by atoms with Crippen LogP contribution in [0.5, 0.6) is 5.75 Å². The average molecular weight is 511 g/mol. The topological polar surface area (TPSA) is 87.7 Å². The van der Waals surface area contributed by atoms with Crippen molar-refractivity contribution in [1.82, 2.24) is 10.6 Å². The van der Waals surface area contributed by atoms with Gasteiger partial charge in [-0.05, 0) is 59.8 Å². The highest BCUT2D eigenvalue weighted by Crippen LogP contribution is 2.40. The molecule has 0 spiro atoms. The number of ether oxygens (including phenoxy) is 1. The van der Waals surface area contributed by atoms with Crippen molar-refractivity contribution in [1.29, 1.82) is 0 Å². The van der Waals surface area contributed by atoms with E-state index < -0.39 is 6.04 Å². The fourth-order valence-electron chi connectivity index (χ4n) is 4.16. The zero-order valence-electron chi connectivity index (χ0n) is 24.0. The van der Waals surface area contributed by atoms with E-state index >= 15 is 0 Å². The van der Waals surface area contributed by atoms with E-state index in [1.165, 1.54) is 0 Å². The number of nitrogens with one attached hydrogen (secondary N) is 2. The van der Waals surface area contributed by atoms with Crippen LogP contribution in [0.2, 0.25) is 0 Å². The second-order valence-corrected chi connectivity index (χ2v) is 11.8. The molecule has 2 aromatic carbocycles. The molecule has 1 atom stereocenters. The molecule has 3 N–H and O–H groups in total. The highest BCUT2D eigenvalue weighted by Gasteiger charge is 2.27. The first kappa shape index (κ1) is 30.4. The summed E-state index contributed by atoms with van der Waals surface area (Å²) in [5.41, 5.74) is 4.10. The average Bonchev–Trinajstić information content (AvgIpc) is 2.80. The van der Waals surface area contributed by atoms with Crippen LogP contribution in [-0.2, 0) is 31.6 Å². The van der Waals surface area contributed by atoms with Crippen molar-refractivity contribution in [3.8, 4) is 5.75 Å². The molecule has 0 unspecified atom stereocenters. The lowest BCUT2D eigenvalue weighted by molar-refractivity contribution is -0.129. The number of aryl methyl sites for hydroxylation is 2. The fourth-order valence-corrected chi connectivity index (χ4v) is 4.16. The quantitative estimate of drug-likeness (QED) is 0.342. The largest absolute Gasteiger partial charge is 0.507 e.